The third kappa shape index (κ3) is 2.73. The van der Waals surface area contributed by atoms with E-state index >= 15 is 0 Å². The van der Waals surface area contributed by atoms with Crippen LogP contribution in [-0.4, -0.2) is 31.3 Å². The maximum atomic E-state index is 8.92. The predicted molar refractivity (Wildman–Crippen MR) is 79.1 cm³/mol. The molecule has 0 aliphatic heterocycles. The van der Waals surface area contributed by atoms with Gasteiger partial charge in [0.15, 0.2) is 5.82 Å². The number of hydrogen-bond acceptors (Lipinski definition) is 7. The van der Waals surface area contributed by atoms with Gasteiger partial charge in [-0.25, -0.2) is 4.68 Å². The first kappa shape index (κ1) is 13.2. The van der Waals surface area contributed by atoms with Gasteiger partial charge in [-0.15, -0.1) is 11.3 Å². The molecule has 0 bridgehead atoms. The molecule has 0 unspecified atom stereocenters. The van der Waals surface area contributed by atoms with Crippen LogP contribution in [0, 0.1) is 11.3 Å². The van der Waals surface area contributed by atoms with E-state index in [4.69, 9.17) is 5.26 Å². The Balaban J connectivity index is 2.09. The average molecular weight is 297 g/mol. The minimum absolute atomic E-state index is 0.438. The smallest absolute Gasteiger partial charge is 0.255 e. The molecule has 0 fully saturated rings. The molecule has 0 radical (unpaired) electrons. The number of hydrogen-bond donors (Lipinski definition) is 1. The molecule has 3 aromatic rings. The second-order valence-electron chi connectivity index (χ2n) is 4.04. The topological polar surface area (TPSA) is 92.3 Å². The maximum Gasteiger partial charge on any atom is 0.255 e. The third-order valence-electron chi connectivity index (χ3n) is 2.60. The summed E-state index contributed by atoms with van der Waals surface area (Å²) < 4.78 is 1.57. The van der Waals surface area contributed by atoms with Gasteiger partial charge in [0.2, 0.25) is 5.95 Å². The normalized spacial score (nSPS) is 10.3. The van der Waals surface area contributed by atoms with Crippen LogP contribution in [0.4, 0.5) is 5.95 Å². The van der Waals surface area contributed by atoms with Crippen LogP contribution in [0.5, 0.6) is 0 Å². The van der Waals surface area contributed by atoms with Crippen molar-refractivity contribution in [3.8, 4) is 22.7 Å². The highest BCUT2D eigenvalue weighted by atomic mass is 32.1. The summed E-state index contributed by atoms with van der Waals surface area (Å²) >= 11 is 1.35. The van der Waals surface area contributed by atoms with Gasteiger partial charge in [-0.1, -0.05) is 0 Å². The molecule has 0 aliphatic rings. The molecule has 7 nitrogen and oxygen atoms in total. The lowest BCUT2D eigenvalue weighted by Crippen LogP contribution is -2.09. The molecule has 0 saturated heterocycles. The summed E-state index contributed by atoms with van der Waals surface area (Å²) in [5.41, 5.74) is 0. The van der Waals surface area contributed by atoms with E-state index in [0.717, 1.165) is 4.88 Å². The zero-order valence-corrected chi connectivity index (χ0v) is 12.0. The largest absolute Gasteiger partial charge is 0.354 e. The SMILES string of the molecule is CCNc1nc(-c2ccc(C#N)s2)nc(-n2cccn2)n1. The van der Waals surface area contributed by atoms with Gasteiger partial charge in [0.05, 0.1) is 4.88 Å². The summed E-state index contributed by atoms with van der Waals surface area (Å²) in [6.07, 6.45) is 3.43. The summed E-state index contributed by atoms with van der Waals surface area (Å²) in [5.74, 6) is 1.45. The van der Waals surface area contributed by atoms with Crippen molar-refractivity contribution in [3.05, 3.63) is 35.5 Å². The molecule has 3 rings (SSSR count). The van der Waals surface area contributed by atoms with Crippen LogP contribution in [0.2, 0.25) is 0 Å². The van der Waals surface area contributed by atoms with Crippen molar-refractivity contribution in [2.45, 2.75) is 6.92 Å². The van der Waals surface area contributed by atoms with E-state index in [9.17, 15) is 0 Å². The van der Waals surface area contributed by atoms with Crippen molar-refractivity contribution >= 4 is 17.3 Å². The number of nitrogens with zero attached hydrogens (tertiary/aromatic N) is 6. The molecule has 0 atom stereocenters. The minimum Gasteiger partial charge on any atom is -0.354 e. The molecule has 0 amide bonds. The second-order valence-corrected chi connectivity index (χ2v) is 5.12. The molecule has 0 saturated carbocycles. The highest BCUT2D eigenvalue weighted by molar-refractivity contribution is 7.15. The number of nitrogens with one attached hydrogen (secondary N) is 1. The van der Waals surface area contributed by atoms with Crippen molar-refractivity contribution in [2.24, 2.45) is 0 Å². The summed E-state index contributed by atoms with van der Waals surface area (Å²) in [6, 6.07) is 7.50. The third-order valence-corrected chi connectivity index (χ3v) is 3.59. The average Bonchev–Trinajstić information content (AvgIpc) is 3.19. The first-order valence-electron chi connectivity index (χ1n) is 6.30. The van der Waals surface area contributed by atoms with Crippen molar-refractivity contribution in [1.29, 1.82) is 5.26 Å². The van der Waals surface area contributed by atoms with Crippen molar-refractivity contribution in [3.63, 3.8) is 0 Å². The fourth-order valence-corrected chi connectivity index (χ4v) is 2.46. The van der Waals surface area contributed by atoms with Crippen molar-refractivity contribution < 1.29 is 0 Å². The van der Waals surface area contributed by atoms with Gasteiger partial charge in [0, 0.05) is 18.9 Å². The highest BCUT2D eigenvalue weighted by Gasteiger charge is 2.12. The van der Waals surface area contributed by atoms with E-state index in [1.54, 1.807) is 29.2 Å². The summed E-state index contributed by atoms with van der Waals surface area (Å²) in [6.45, 7) is 2.67. The monoisotopic (exact) mass is 297 g/mol. The molecule has 3 heterocycles. The first-order valence-corrected chi connectivity index (χ1v) is 7.12. The number of nitriles is 1. The van der Waals surface area contributed by atoms with Gasteiger partial charge in [-0.2, -0.15) is 25.3 Å². The van der Waals surface area contributed by atoms with Crippen molar-refractivity contribution in [2.75, 3.05) is 11.9 Å². The van der Waals surface area contributed by atoms with Gasteiger partial charge >= 0.3 is 0 Å². The van der Waals surface area contributed by atoms with Crippen LogP contribution in [0.15, 0.2) is 30.6 Å². The Hall–Kier alpha value is -2.79. The van der Waals surface area contributed by atoms with Gasteiger partial charge in [0.25, 0.3) is 5.95 Å². The first-order chi connectivity index (χ1) is 10.3. The number of anilines is 1. The second kappa shape index (κ2) is 5.68. The molecule has 3 aromatic heterocycles. The lowest BCUT2D eigenvalue weighted by Gasteiger charge is -2.06. The van der Waals surface area contributed by atoms with E-state index in [-0.39, 0.29) is 0 Å². The molecule has 21 heavy (non-hydrogen) atoms. The Morgan fingerprint density at radius 3 is 2.90 bits per heavy atom. The fourth-order valence-electron chi connectivity index (χ4n) is 1.72. The molecular weight excluding hydrogens is 286 g/mol. The molecule has 1 N–H and O–H groups in total. The van der Waals surface area contributed by atoms with E-state index < -0.39 is 0 Å². The zero-order valence-electron chi connectivity index (χ0n) is 11.2. The van der Waals surface area contributed by atoms with E-state index in [1.165, 1.54) is 11.3 Å². The summed E-state index contributed by atoms with van der Waals surface area (Å²) in [4.78, 5) is 14.6. The van der Waals surface area contributed by atoms with Gasteiger partial charge < -0.3 is 5.32 Å². The fraction of sp³-hybridized carbons (Fsp3) is 0.154. The summed E-state index contributed by atoms with van der Waals surface area (Å²) in [5, 5.41) is 16.1. The standard InChI is InChI=1S/C13H11N7S/c1-2-15-12-17-11(10-5-4-9(8-14)21-10)18-13(19-12)20-7-3-6-16-20/h3-7H,2H2,1H3,(H,15,17,18,19). The van der Waals surface area contributed by atoms with Crippen LogP contribution in [0.1, 0.15) is 11.8 Å². The lowest BCUT2D eigenvalue weighted by molar-refractivity contribution is 0.799. The van der Waals surface area contributed by atoms with Gasteiger partial charge in [-0.05, 0) is 25.1 Å². The zero-order chi connectivity index (χ0) is 14.7. The molecule has 0 aromatic carbocycles. The van der Waals surface area contributed by atoms with Gasteiger partial charge in [-0.3, -0.25) is 0 Å². The Kier molecular flexibility index (Phi) is 3.57. The van der Waals surface area contributed by atoms with Crippen LogP contribution < -0.4 is 5.32 Å². The molecule has 0 aliphatic carbocycles. The molecule has 104 valence electrons. The van der Waals surface area contributed by atoms with E-state index in [2.05, 4.69) is 31.4 Å². The molecular formula is C13H11N7S. The van der Waals surface area contributed by atoms with Crippen LogP contribution in [-0.2, 0) is 0 Å². The number of aromatic nitrogens is 5. The summed E-state index contributed by atoms with van der Waals surface area (Å²) in [7, 11) is 0. The Morgan fingerprint density at radius 1 is 1.33 bits per heavy atom. The highest BCUT2D eigenvalue weighted by Crippen LogP contribution is 2.25. The lowest BCUT2D eigenvalue weighted by atomic mass is 10.4. The number of thiophene rings is 1. The van der Waals surface area contributed by atoms with Crippen LogP contribution in [0.3, 0.4) is 0 Å². The predicted octanol–water partition coefficient (Wildman–Crippen LogP) is 2.09. The Bertz CT molecular complexity index is 785. The number of rotatable bonds is 4. The van der Waals surface area contributed by atoms with Crippen LogP contribution >= 0.6 is 11.3 Å². The quantitative estimate of drug-likeness (QED) is 0.792. The van der Waals surface area contributed by atoms with E-state index in [0.29, 0.717) is 29.1 Å². The maximum absolute atomic E-state index is 8.92. The van der Waals surface area contributed by atoms with Crippen molar-refractivity contribution in [1.82, 2.24) is 24.7 Å². The molecule has 8 heteroatoms. The van der Waals surface area contributed by atoms with Gasteiger partial charge in [0.1, 0.15) is 10.9 Å². The van der Waals surface area contributed by atoms with Crippen LogP contribution in [0.25, 0.3) is 16.6 Å². The minimum atomic E-state index is 0.438. The Morgan fingerprint density at radius 2 is 2.24 bits per heavy atom. The van der Waals surface area contributed by atoms with E-state index in [1.807, 2.05) is 13.0 Å². The Labute approximate surface area is 124 Å². The molecule has 0 spiro atoms.